The van der Waals surface area contributed by atoms with Crippen LogP contribution < -0.4 is 11.1 Å². The van der Waals surface area contributed by atoms with Crippen LogP contribution >= 0.6 is 22.9 Å². The number of anilines is 3. The van der Waals surface area contributed by atoms with Crippen molar-refractivity contribution < 1.29 is 13.2 Å². The molecule has 0 atom stereocenters. The van der Waals surface area contributed by atoms with Crippen molar-refractivity contribution in [3.8, 4) is 10.6 Å². The third-order valence-electron chi connectivity index (χ3n) is 3.23. The molecule has 2 heterocycles. The van der Waals surface area contributed by atoms with Crippen LogP contribution in [0.5, 0.6) is 0 Å². The van der Waals surface area contributed by atoms with Gasteiger partial charge in [-0.25, -0.2) is 15.0 Å². The first kappa shape index (κ1) is 17.4. The smallest absolute Gasteiger partial charge is 0.375 e. The Hall–Kier alpha value is -2.39. The zero-order valence-corrected chi connectivity index (χ0v) is 14.3. The van der Waals surface area contributed by atoms with Crippen molar-refractivity contribution in [2.24, 2.45) is 0 Å². The van der Waals surface area contributed by atoms with Crippen molar-refractivity contribution in [1.82, 2.24) is 15.0 Å². The van der Waals surface area contributed by atoms with Gasteiger partial charge >= 0.3 is 6.18 Å². The molecule has 0 amide bonds. The molecule has 130 valence electrons. The number of hydrogen-bond donors (Lipinski definition) is 2. The van der Waals surface area contributed by atoms with Gasteiger partial charge in [-0.3, -0.25) is 0 Å². The van der Waals surface area contributed by atoms with Gasteiger partial charge in [-0.1, -0.05) is 22.9 Å². The van der Waals surface area contributed by atoms with Crippen molar-refractivity contribution >= 4 is 39.7 Å². The van der Waals surface area contributed by atoms with Gasteiger partial charge in [0, 0.05) is 11.9 Å². The average Bonchev–Trinajstić information content (AvgIpc) is 2.87. The van der Waals surface area contributed by atoms with Gasteiger partial charge in [-0.05, 0) is 31.2 Å². The third kappa shape index (κ3) is 3.83. The van der Waals surface area contributed by atoms with E-state index in [1.54, 1.807) is 13.0 Å². The molecule has 3 aromatic rings. The first-order valence-corrected chi connectivity index (χ1v) is 8.13. The van der Waals surface area contributed by atoms with E-state index < -0.39 is 11.7 Å². The van der Waals surface area contributed by atoms with Gasteiger partial charge in [-0.15, -0.1) is 0 Å². The molecule has 0 saturated carbocycles. The largest absolute Gasteiger partial charge is 0.417 e. The first-order chi connectivity index (χ1) is 11.7. The summed E-state index contributed by atoms with van der Waals surface area (Å²) < 4.78 is 38.8. The molecule has 0 unspecified atom stereocenters. The molecule has 0 saturated heterocycles. The fourth-order valence-corrected chi connectivity index (χ4v) is 3.18. The molecular formula is C15H11ClF3N5S. The van der Waals surface area contributed by atoms with E-state index in [0.29, 0.717) is 10.8 Å². The Labute approximate surface area is 149 Å². The van der Waals surface area contributed by atoms with Crippen molar-refractivity contribution in [3.05, 3.63) is 46.7 Å². The summed E-state index contributed by atoms with van der Waals surface area (Å²) in [4.78, 5) is 13.2. The highest BCUT2D eigenvalue weighted by Gasteiger charge is 2.33. The van der Waals surface area contributed by atoms with E-state index in [-0.39, 0.29) is 16.7 Å². The minimum atomic E-state index is -4.55. The van der Waals surface area contributed by atoms with Crippen molar-refractivity contribution in [1.29, 1.82) is 0 Å². The van der Waals surface area contributed by atoms with Crippen LogP contribution in [-0.2, 0) is 6.18 Å². The maximum Gasteiger partial charge on any atom is 0.417 e. The monoisotopic (exact) mass is 385 g/mol. The lowest BCUT2D eigenvalue weighted by Gasteiger charge is -2.12. The van der Waals surface area contributed by atoms with Crippen LogP contribution in [0.25, 0.3) is 10.6 Å². The van der Waals surface area contributed by atoms with E-state index in [1.807, 2.05) is 0 Å². The maximum atomic E-state index is 12.9. The minimum absolute atomic E-state index is 0.152. The number of alkyl halides is 3. The fraction of sp³-hybridized carbons (Fsp3) is 0.133. The van der Waals surface area contributed by atoms with E-state index in [1.165, 1.54) is 29.7 Å². The number of nitrogen functional groups attached to an aromatic ring is 1. The predicted octanol–water partition coefficient (Wildman–Crippen LogP) is 4.91. The summed E-state index contributed by atoms with van der Waals surface area (Å²) in [5, 5.41) is 2.79. The van der Waals surface area contributed by atoms with E-state index in [0.717, 1.165) is 16.6 Å². The van der Waals surface area contributed by atoms with Crippen LogP contribution in [0.1, 0.15) is 11.3 Å². The molecular weight excluding hydrogens is 375 g/mol. The quantitative estimate of drug-likeness (QED) is 0.670. The van der Waals surface area contributed by atoms with Crippen LogP contribution in [0.4, 0.5) is 29.9 Å². The highest BCUT2D eigenvalue weighted by Crippen LogP contribution is 2.36. The molecule has 25 heavy (non-hydrogen) atoms. The Kier molecular flexibility index (Phi) is 4.53. The molecule has 0 aliphatic heterocycles. The molecule has 0 spiro atoms. The minimum Gasteiger partial charge on any atom is -0.375 e. The van der Waals surface area contributed by atoms with Crippen LogP contribution in [0, 0.1) is 6.92 Å². The number of thiazole rings is 1. The standard InChI is InChI=1S/C15H11ClF3N5S/c1-7-12(25-13(20)22-7)11-4-5-21-14(24-11)23-8-2-3-10(16)9(6-8)15(17,18)19/h2-6H,1H3,(H2,20,22)(H,21,23,24). The molecule has 3 N–H and O–H groups in total. The average molecular weight is 386 g/mol. The normalized spacial score (nSPS) is 11.6. The number of aryl methyl sites for hydroxylation is 1. The van der Waals surface area contributed by atoms with Gasteiger partial charge in [0.25, 0.3) is 0 Å². The number of nitrogens with one attached hydrogen (secondary N) is 1. The molecule has 3 rings (SSSR count). The van der Waals surface area contributed by atoms with Gasteiger partial charge in [0.05, 0.1) is 26.9 Å². The molecule has 0 bridgehead atoms. The van der Waals surface area contributed by atoms with Crippen molar-refractivity contribution in [2.45, 2.75) is 13.1 Å². The number of hydrogen-bond acceptors (Lipinski definition) is 6. The van der Waals surface area contributed by atoms with Gasteiger partial charge < -0.3 is 11.1 Å². The van der Waals surface area contributed by atoms with Gasteiger partial charge in [-0.2, -0.15) is 13.2 Å². The Morgan fingerprint density at radius 2 is 1.96 bits per heavy atom. The zero-order chi connectivity index (χ0) is 18.2. The van der Waals surface area contributed by atoms with E-state index in [4.69, 9.17) is 17.3 Å². The lowest BCUT2D eigenvalue weighted by atomic mass is 10.2. The summed E-state index contributed by atoms with van der Waals surface area (Å²) in [5.41, 5.74) is 6.22. The molecule has 10 heteroatoms. The molecule has 0 radical (unpaired) electrons. The Morgan fingerprint density at radius 1 is 1.20 bits per heavy atom. The molecule has 5 nitrogen and oxygen atoms in total. The Bertz CT molecular complexity index is 926. The topological polar surface area (TPSA) is 76.7 Å². The van der Waals surface area contributed by atoms with Gasteiger partial charge in [0.1, 0.15) is 0 Å². The van der Waals surface area contributed by atoms with Crippen LogP contribution in [0.2, 0.25) is 5.02 Å². The molecule has 0 fully saturated rings. The number of rotatable bonds is 3. The summed E-state index contributed by atoms with van der Waals surface area (Å²) in [6, 6.07) is 5.18. The Morgan fingerprint density at radius 3 is 2.60 bits per heavy atom. The Balaban J connectivity index is 1.92. The van der Waals surface area contributed by atoms with E-state index >= 15 is 0 Å². The molecule has 0 aliphatic carbocycles. The van der Waals surface area contributed by atoms with Gasteiger partial charge in [0.2, 0.25) is 5.95 Å². The van der Waals surface area contributed by atoms with Crippen molar-refractivity contribution in [2.75, 3.05) is 11.1 Å². The van der Waals surface area contributed by atoms with Crippen molar-refractivity contribution in [3.63, 3.8) is 0 Å². The third-order valence-corrected chi connectivity index (χ3v) is 4.57. The zero-order valence-electron chi connectivity index (χ0n) is 12.7. The SMILES string of the molecule is Cc1nc(N)sc1-c1ccnc(Nc2ccc(Cl)c(C(F)(F)F)c2)n1. The number of aromatic nitrogens is 3. The van der Waals surface area contributed by atoms with Crippen LogP contribution in [0.3, 0.4) is 0 Å². The second-order valence-corrected chi connectivity index (χ2v) is 6.49. The lowest BCUT2D eigenvalue weighted by Crippen LogP contribution is -2.07. The number of benzene rings is 1. The fourth-order valence-electron chi connectivity index (χ4n) is 2.15. The number of nitrogens with two attached hydrogens (primary N) is 1. The first-order valence-electron chi connectivity index (χ1n) is 6.94. The second kappa shape index (κ2) is 6.49. The van der Waals surface area contributed by atoms with E-state index in [9.17, 15) is 13.2 Å². The number of nitrogens with zero attached hydrogens (tertiary/aromatic N) is 3. The summed E-state index contributed by atoms with van der Waals surface area (Å²) in [6.45, 7) is 1.80. The summed E-state index contributed by atoms with van der Waals surface area (Å²) in [7, 11) is 0. The lowest BCUT2D eigenvalue weighted by molar-refractivity contribution is -0.137. The molecule has 2 aromatic heterocycles. The summed E-state index contributed by atoms with van der Waals surface area (Å²) in [6.07, 6.45) is -3.05. The summed E-state index contributed by atoms with van der Waals surface area (Å²) >= 11 is 6.89. The maximum absolute atomic E-state index is 12.9. The predicted molar refractivity (Wildman–Crippen MR) is 92.0 cm³/mol. The highest BCUT2D eigenvalue weighted by molar-refractivity contribution is 7.18. The summed E-state index contributed by atoms with van der Waals surface area (Å²) in [5.74, 6) is 0.152. The molecule has 0 aliphatic rings. The van der Waals surface area contributed by atoms with Gasteiger partial charge in [0.15, 0.2) is 5.13 Å². The second-order valence-electron chi connectivity index (χ2n) is 5.05. The van der Waals surface area contributed by atoms with Crippen LogP contribution in [-0.4, -0.2) is 15.0 Å². The highest BCUT2D eigenvalue weighted by atomic mass is 35.5. The van der Waals surface area contributed by atoms with Crippen LogP contribution in [0.15, 0.2) is 30.5 Å². The molecule has 1 aromatic carbocycles. The van der Waals surface area contributed by atoms with E-state index in [2.05, 4.69) is 20.3 Å². The number of halogens is 4.